The molecule has 0 spiro atoms. The number of carboxylic acid groups (broad SMARTS) is 1. The van der Waals surface area contributed by atoms with Crippen molar-refractivity contribution in [2.24, 2.45) is 0 Å². The van der Waals surface area contributed by atoms with Gasteiger partial charge in [0.05, 0.1) is 12.6 Å². The number of nitrogens with two attached hydrogens (primary N) is 1. The fraction of sp³-hybridized carbons (Fsp3) is 0.0476. The van der Waals surface area contributed by atoms with E-state index in [2.05, 4.69) is 19.7 Å². The average molecular weight is 459 g/mol. The van der Waals surface area contributed by atoms with E-state index < -0.39 is 16.0 Å². The van der Waals surface area contributed by atoms with E-state index in [1.807, 2.05) is 0 Å². The molecule has 3 heterocycles. The van der Waals surface area contributed by atoms with E-state index in [1.165, 1.54) is 43.9 Å². The Morgan fingerprint density at radius 1 is 1.15 bits per heavy atom. The molecule has 10 nitrogen and oxygen atoms in total. The largest absolute Gasteiger partial charge is 1.00 e. The van der Waals surface area contributed by atoms with Crippen molar-refractivity contribution >= 4 is 38.4 Å². The van der Waals surface area contributed by atoms with Gasteiger partial charge in [0.15, 0.2) is 0 Å². The summed E-state index contributed by atoms with van der Waals surface area (Å²) in [6.07, 6.45) is 4.22. The minimum Gasteiger partial charge on any atom is -1.00 e. The third kappa shape index (κ3) is 4.90. The third-order valence-electron chi connectivity index (χ3n) is 4.64. The topological polar surface area (TPSA) is 157 Å². The number of ether oxygens (including phenoxy) is 1. The van der Waals surface area contributed by atoms with E-state index in [1.54, 1.807) is 24.3 Å². The molecule has 0 radical (unpaired) electrons. The zero-order chi connectivity index (χ0) is 22.9. The van der Waals surface area contributed by atoms with Crippen LogP contribution in [0.25, 0.3) is 22.0 Å². The van der Waals surface area contributed by atoms with E-state index in [9.17, 15) is 18.3 Å². The fourth-order valence-electron chi connectivity index (χ4n) is 3.10. The predicted octanol–water partition coefficient (Wildman–Crippen LogP) is -0.102. The van der Waals surface area contributed by atoms with Crippen LogP contribution in [0.1, 0.15) is 11.8 Å². The number of sulfonamides is 1. The van der Waals surface area contributed by atoms with Crippen molar-refractivity contribution in [3.05, 3.63) is 66.6 Å². The smallest absolute Gasteiger partial charge is 1.00 e. The van der Waals surface area contributed by atoms with E-state index in [0.29, 0.717) is 22.0 Å². The molecule has 4 N–H and O–H groups in total. The number of anilines is 2. The Morgan fingerprint density at radius 3 is 2.61 bits per heavy atom. The van der Waals surface area contributed by atoms with E-state index in [-0.39, 0.29) is 48.1 Å². The van der Waals surface area contributed by atoms with Crippen molar-refractivity contribution in [2.45, 2.75) is 4.90 Å². The van der Waals surface area contributed by atoms with Crippen LogP contribution in [0.4, 0.5) is 11.5 Å². The molecule has 0 unspecified atom stereocenters. The molecular weight excluding hydrogens is 441 g/mol. The molecule has 0 saturated heterocycles. The Bertz CT molecular complexity index is 1460. The number of nitrogen functional groups attached to an aromatic ring is 1. The Balaban J connectivity index is 0.00000204. The Labute approximate surface area is 202 Å². The molecule has 0 atom stereocenters. The van der Waals surface area contributed by atoms with Gasteiger partial charge in [-0.3, -0.25) is 9.71 Å². The molecule has 0 aliphatic carbocycles. The minimum atomic E-state index is -3.92. The van der Waals surface area contributed by atoms with Crippen molar-refractivity contribution in [3.8, 4) is 17.0 Å². The predicted molar refractivity (Wildman–Crippen MR) is 119 cm³/mol. The van der Waals surface area contributed by atoms with Gasteiger partial charge < -0.3 is 17.0 Å². The first kappa shape index (κ1) is 24.0. The number of benzene rings is 1. The number of carbonyl (C=O) groups is 1. The first-order valence-electron chi connectivity index (χ1n) is 9.19. The molecule has 0 amide bonds. The molecule has 0 aliphatic heterocycles. The first-order chi connectivity index (χ1) is 15.3. The number of aromatic carboxylic acids is 1. The van der Waals surface area contributed by atoms with Gasteiger partial charge in [0.25, 0.3) is 10.0 Å². The van der Waals surface area contributed by atoms with Crippen LogP contribution >= 0.6 is 0 Å². The molecule has 3 aromatic heterocycles. The van der Waals surface area contributed by atoms with Crippen LogP contribution in [0.3, 0.4) is 0 Å². The molecule has 33 heavy (non-hydrogen) atoms. The second-order valence-electron chi connectivity index (χ2n) is 6.71. The standard InChI is InChI=1S/C21H17N5O5S.Li.H/c1-31-20-18(26-32(29,30)15-3-2-6-23-11-15)9-14(10-24-20)12-4-5-17-13(7-12)8-16(21(27)28)19(22)25-17;;/h2-11,26H,1H3,(H2,22,25)(H,27,28);;/q;+1;-1. The van der Waals surface area contributed by atoms with Gasteiger partial charge in [0.1, 0.15) is 22.0 Å². The van der Waals surface area contributed by atoms with E-state index in [0.717, 1.165) is 0 Å². The summed E-state index contributed by atoms with van der Waals surface area (Å²) in [5.41, 5.74) is 7.50. The average Bonchev–Trinajstić information content (AvgIpc) is 2.78. The van der Waals surface area contributed by atoms with Crippen LogP contribution in [-0.4, -0.2) is 41.6 Å². The van der Waals surface area contributed by atoms with Crippen LogP contribution in [0.2, 0.25) is 0 Å². The quantitative estimate of drug-likeness (QED) is 0.335. The summed E-state index contributed by atoms with van der Waals surface area (Å²) in [6, 6.07) is 11.1. The number of nitrogens with zero attached hydrogens (tertiary/aromatic N) is 3. The van der Waals surface area contributed by atoms with Crippen molar-refractivity contribution in [3.63, 3.8) is 0 Å². The third-order valence-corrected chi connectivity index (χ3v) is 5.99. The number of pyridine rings is 3. The summed E-state index contributed by atoms with van der Waals surface area (Å²) in [4.78, 5) is 23.5. The van der Waals surface area contributed by atoms with Crippen molar-refractivity contribution in [1.29, 1.82) is 0 Å². The van der Waals surface area contributed by atoms with Crippen molar-refractivity contribution in [2.75, 3.05) is 17.6 Å². The number of aromatic nitrogens is 3. The summed E-state index contributed by atoms with van der Waals surface area (Å²) in [5, 5.41) is 9.85. The molecular formula is C21H18LiN5O5S. The number of fused-ring (bicyclic) bond motifs is 1. The molecule has 4 aromatic rings. The van der Waals surface area contributed by atoms with Gasteiger partial charge in [-0.1, -0.05) is 6.07 Å². The molecule has 1 aromatic carbocycles. The van der Waals surface area contributed by atoms with Gasteiger partial charge in [-0.2, -0.15) is 0 Å². The number of rotatable bonds is 6. The maximum atomic E-state index is 12.7. The zero-order valence-electron chi connectivity index (χ0n) is 18.7. The fourth-order valence-corrected chi connectivity index (χ4v) is 4.11. The number of hydrogen-bond donors (Lipinski definition) is 3. The van der Waals surface area contributed by atoms with Gasteiger partial charge in [0, 0.05) is 29.5 Å². The zero-order valence-corrected chi connectivity index (χ0v) is 18.5. The van der Waals surface area contributed by atoms with Crippen LogP contribution in [-0.2, 0) is 10.0 Å². The molecule has 0 bridgehead atoms. The van der Waals surface area contributed by atoms with Crippen LogP contribution < -0.4 is 34.1 Å². The van der Waals surface area contributed by atoms with E-state index in [4.69, 9.17) is 10.5 Å². The Morgan fingerprint density at radius 2 is 1.94 bits per heavy atom. The summed E-state index contributed by atoms with van der Waals surface area (Å²) in [7, 11) is -2.54. The summed E-state index contributed by atoms with van der Waals surface area (Å²) in [5.74, 6) is -1.17. The number of hydrogen-bond acceptors (Lipinski definition) is 8. The molecule has 4 rings (SSSR count). The molecule has 164 valence electrons. The van der Waals surface area contributed by atoms with Crippen molar-refractivity contribution < 1.29 is 43.3 Å². The van der Waals surface area contributed by atoms with Gasteiger partial charge in [0.2, 0.25) is 5.88 Å². The normalized spacial score (nSPS) is 10.9. The van der Waals surface area contributed by atoms with Gasteiger partial charge >= 0.3 is 24.8 Å². The van der Waals surface area contributed by atoms with Crippen molar-refractivity contribution in [1.82, 2.24) is 15.0 Å². The molecule has 12 heteroatoms. The first-order valence-corrected chi connectivity index (χ1v) is 10.7. The van der Waals surface area contributed by atoms with Gasteiger partial charge in [-0.05, 0) is 42.0 Å². The molecule has 0 aliphatic rings. The maximum Gasteiger partial charge on any atom is 1.00 e. The minimum absolute atomic E-state index is 0. The number of nitrogens with one attached hydrogen (secondary N) is 1. The van der Waals surface area contributed by atoms with E-state index >= 15 is 0 Å². The van der Waals surface area contributed by atoms with Gasteiger partial charge in [-0.25, -0.2) is 23.2 Å². The monoisotopic (exact) mass is 459 g/mol. The SMILES string of the molecule is COc1ncc(-c2ccc3nc(N)c(C(=O)O)cc3c2)cc1NS(=O)(=O)c1cccnc1.[H-].[Li+]. The number of methoxy groups -OCH3 is 1. The molecule has 0 saturated carbocycles. The Kier molecular flexibility index (Phi) is 6.88. The summed E-state index contributed by atoms with van der Waals surface area (Å²) < 4.78 is 33.1. The summed E-state index contributed by atoms with van der Waals surface area (Å²) in [6.45, 7) is 0. The maximum absolute atomic E-state index is 12.7. The summed E-state index contributed by atoms with van der Waals surface area (Å²) >= 11 is 0. The second-order valence-corrected chi connectivity index (χ2v) is 8.39. The Hall–Kier alpha value is -3.65. The number of carboxylic acids is 1. The second kappa shape index (κ2) is 9.46. The van der Waals surface area contributed by atoms with Gasteiger partial charge in [-0.15, -0.1) is 0 Å². The van der Waals surface area contributed by atoms with Crippen LogP contribution in [0, 0.1) is 0 Å². The molecule has 0 fully saturated rings. The van der Waals surface area contributed by atoms with Crippen LogP contribution in [0.15, 0.2) is 66.0 Å². The van der Waals surface area contributed by atoms with Crippen LogP contribution in [0.5, 0.6) is 5.88 Å².